The van der Waals surface area contributed by atoms with Crippen LogP contribution in [0.1, 0.15) is 35.7 Å². The summed E-state index contributed by atoms with van der Waals surface area (Å²) in [4.78, 5) is 13.0. The first kappa shape index (κ1) is 12.9. The highest BCUT2D eigenvalue weighted by Gasteiger charge is 2.29. The van der Waals surface area contributed by atoms with Gasteiger partial charge in [0.15, 0.2) is 0 Å². The lowest BCUT2D eigenvalue weighted by molar-refractivity contribution is 0.0448. The minimum Gasteiger partial charge on any atom is -0.478 e. The molecule has 98 valence electrons. The van der Waals surface area contributed by atoms with Crippen molar-refractivity contribution in [2.24, 2.45) is 0 Å². The number of piperidine rings is 1. The molecule has 0 saturated carbocycles. The number of carboxylic acid groups (broad SMARTS) is 1. The summed E-state index contributed by atoms with van der Waals surface area (Å²) in [5.74, 6) is -0.907. The van der Waals surface area contributed by atoms with Gasteiger partial charge < -0.3 is 15.1 Å². The summed E-state index contributed by atoms with van der Waals surface area (Å²) in [5, 5.41) is 19.0. The van der Waals surface area contributed by atoms with Crippen LogP contribution >= 0.6 is 0 Å². The fraction of sp³-hybridized carbons (Fsp3) is 0.500. The molecule has 1 unspecified atom stereocenters. The first-order valence-corrected chi connectivity index (χ1v) is 6.20. The molecule has 1 aromatic carbocycles. The van der Waals surface area contributed by atoms with Gasteiger partial charge >= 0.3 is 5.97 Å². The van der Waals surface area contributed by atoms with Crippen LogP contribution in [0.2, 0.25) is 0 Å². The van der Waals surface area contributed by atoms with Crippen LogP contribution in [0.5, 0.6) is 0 Å². The Morgan fingerprint density at radius 1 is 1.44 bits per heavy atom. The SMILES string of the molecule is Cc1cc(C(=O)O)ccc1N1CCCC(C)(O)C1. The van der Waals surface area contributed by atoms with Gasteiger partial charge in [-0.25, -0.2) is 4.79 Å². The number of aliphatic hydroxyl groups is 1. The summed E-state index contributed by atoms with van der Waals surface area (Å²) in [6.07, 6.45) is 1.77. The molecule has 4 nitrogen and oxygen atoms in total. The Morgan fingerprint density at radius 2 is 2.17 bits per heavy atom. The predicted octanol–water partition coefficient (Wildman–Crippen LogP) is 2.04. The highest BCUT2D eigenvalue weighted by Crippen LogP contribution is 2.28. The van der Waals surface area contributed by atoms with Crippen LogP contribution in [0.15, 0.2) is 18.2 Å². The number of aromatic carboxylic acids is 1. The Kier molecular flexibility index (Phi) is 3.30. The van der Waals surface area contributed by atoms with E-state index in [9.17, 15) is 9.90 Å². The van der Waals surface area contributed by atoms with Crippen LogP contribution in [0, 0.1) is 6.92 Å². The lowest BCUT2D eigenvalue weighted by atomic mass is 9.94. The number of aryl methyl sites for hydroxylation is 1. The van der Waals surface area contributed by atoms with Gasteiger partial charge in [-0.3, -0.25) is 0 Å². The zero-order valence-corrected chi connectivity index (χ0v) is 10.8. The monoisotopic (exact) mass is 249 g/mol. The number of hydrogen-bond acceptors (Lipinski definition) is 3. The van der Waals surface area contributed by atoms with Gasteiger partial charge in [-0.1, -0.05) is 0 Å². The van der Waals surface area contributed by atoms with E-state index in [-0.39, 0.29) is 0 Å². The first-order valence-electron chi connectivity index (χ1n) is 6.20. The topological polar surface area (TPSA) is 60.8 Å². The second kappa shape index (κ2) is 4.61. The third kappa shape index (κ3) is 2.64. The predicted molar refractivity (Wildman–Crippen MR) is 70.2 cm³/mol. The van der Waals surface area contributed by atoms with Gasteiger partial charge in [-0.05, 0) is 50.5 Å². The summed E-state index contributed by atoms with van der Waals surface area (Å²) in [5.41, 5.74) is 1.60. The van der Waals surface area contributed by atoms with Crippen molar-refractivity contribution in [3.8, 4) is 0 Å². The molecule has 0 aliphatic carbocycles. The van der Waals surface area contributed by atoms with E-state index in [2.05, 4.69) is 4.90 Å². The molecule has 2 rings (SSSR count). The van der Waals surface area contributed by atoms with Crippen molar-refractivity contribution in [1.29, 1.82) is 0 Å². The highest BCUT2D eigenvalue weighted by atomic mass is 16.4. The minimum atomic E-state index is -0.907. The van der Waals surface area contributed by atoms with Crippen LogP contribution in [0.3, 0.4) is 0 Å². The lowest BCUT2D eigenvalue weighted by Crippen LogP contribution is -2.46. The van der Waals surface area contributed by atoms with Gasteiger partial charge in [0.25, 0.3) is 0 Å². The average molecular weight is 249 g/mol. The third-order valence-corrected chi connectivity index (χ3v) is 3.46. The van der Waals surface area contributed by atoms with Gasteiger partial charge in [-0.15, -0.1) is 0 Å². The molecule has 1 heterocycles. The summed E-state index contributed by atoms with van der Waals surface area (Å²) >= 11 is 0. The van der Waals surface area contributed by atoms with Crippen LogP contribution in [0.25, 0.3) is 0 Å². The number of benzene rings is 1. The van der Waals surface area contributed by atoms with Gasteiger partial charge in [-0.2, -0.15) is 0 Å². The standard InChI is InChI=1S/C14H19NO3/c1-10-8-11(13(16)17)4-5-12(10)15-7-3-6-14(2,18)9-15/h4-5,8,18H,3,6-7,9H2,1-2H3,(H,16,17). The van der Waals surface area contributed by atoms with E-state index in [1.807, 2.05) is 19.9 Å². The largest absolute Gasteiger partial charge is 0.478 e. The highest BCUT2D eigenvalue weighted by molar-refractivity contribution is 5.88. The van der Waals surface area contributed by atoms with Gasteiger partial charge in [0.2, 0.25) is 0 Å². The Morgan fingerprint density at radius 3 is 2.72 bits per heavy atom. The van der Waals surface area contributed by atoms with E-state index >= 15 is 0 Å². The molecule has 4 heteroatoms. The minimum absolute atomic E-state index is 0.306. The molecule has 1 aromatic rings. The van der Waals surface area contributed by atoms with E-state index in [4.69, 9.17) is 5.11 Å². The summed E-state index contributed by atoms with van der Waals surface area (Å²) in [6.45, 7) is 5.26. The van der Waals surface area contributed by atoms with Crippen LogP contribution in [0.4, 0.5) is 5.69 Å². The maximum absolute atomic E-state index is 10.9. The van der Waals surface area contributed by atoms with Gasteiger partial charge in [0.05, 0.1) is 11.2 Å². The van der Waals surface area contributed by atoms with Crippen molar-refractivity contribution in [2.45, 2.75) is 32.3 Å². The van der Waals surface area contributed by atoms with E-state index in [0.717, 1.165) is 30.6 Å². The second-order valence-corrected chi connectivity index (χ2v) is 5.33. The van der Waals surface area contributed by atoms with Crippen molar-refractivity contribution in [3.63, 3.8) is 0 Å². The molecule has 0 radical (unpaired) electrons. The average Bonchev–Trinajstić information content (AvgIpc) is 2.27. The molecule has 1 saturated heterocycles. The van der Waals surface area contributed by atoms with E-state index in [1.165, 1.54) is 0 Å². The molecular weight excluding hydrogens is 230 g/mol. The molecule has 0 bridgehead atoms. The molecule has 1 fully saturated rings. The quantitative estimate of drug-likeness (QED) is 0.842. The van der Waals surface area contributed by atoms with Crippen molar-refractivity contribution in [2.75, 3.05) is 18.0 Å². The van der Waals surface area contributed by atoms with E-state index in [0.29, 0.717) is 12.1 Å². The van der Waals surface area contributed by atoms with E-state index < -0.39 is 11.6 Å². The second-order valence-electron chi connectivity index (χ2n) is 5.33. The number of carbonyl (C=O) groups is 1. The maximum atomic E-state index is 10.9. The lowest BCUT2D eigenvalue weighted by Gasteiger charge is -2.39. The number of nitrogens with zero attached hydrogens (tertiary/aromatic N) is 1. The number of β-amino-alcohol motifs (C(OH)–C–C–N with tert-alkyl or cyclic N) is 1. The first-order chi connectivity index (χ1) is 8.39. The normalized spacial score (nSPS) is 24.1. The zero-order valence-electron chi connectivity index (χ0n) is 10.8. The molecule has 18 heavy (non-hydrogen) atoms. The fourth-order valence-electron chi connectivity index (χ4n) is 2.57. The van der Waals surface area contributed by atoms with E-state index in [1.54, 1.807) is 12.1 Å². The Balaban J connectivity index is 2.26. The number of hydrogen-bond donors (Lipinski definition) is 2. The number of rotatable bonds is 2. The fourth-order valence-corrected chi connectivity index (χ4v) is 2.57. The Bertz CT molecular complexity index is 468. The Labute approximate surface area is 107 Å². The molecule has 1 aliphatic heterocycles. The number of carboxylic acids is 1. The third-order valence-electron chi connectivity index (χ3n) is 3.46. The molecule has 0 aromatic heterocycles. The van der Waals surface area contributed by atoms with Crippen molar-refractivity contribution < 1.29 is 15.0 Å². The molecule has 0 amide bonds. The van der Waals surface area contributed by atoms with Gasteiger partial charge in [0.1, 0.15) is 0 Å². The van der Waals surface area contributed by atoms with Crippen LogP contribution < -0.4 is 4.90 Å². The maximum Gasteiger partial charge on any atom is 0.335 e. The summed E-state index contributed by atoms with van der Waals surface area (Å²) in [7, 11) is 0. The number of anilines is 1. The van der Waals surface area contributed by atoms with Crippen molar-refractivity contribution in [3.05, 3.63) is 29.3 Å². The Hall–Kier alpha value is -1.55. The molecule has 2 N–H and O–H groups in total. The van der Waals surface area contributed by atoms with Crippen molar-refractivity contribution >= 4 is 11.7 Å². The summed E-state index contributed by atoms with van der Waals surface area (Å²) in [6, 6.07) is 5.13. The molecular formula is C14H19NO3. The molecule has 0 spiro atoms. The van der Waals surface area contributed by atoms with Crippen molar-refractivity contribution in [1.82, 2.24) is 0 Å². The van der Waals surface area contributed by atoms with Gasteiger partial charge in [0, 0.05) is 18.8 Å². The summed E-state index contributed by atoms with van der Waals surface area (Å²) < 4.78 is 0. The van der Waals surface area contributed by atoms with Crippen LogP contribution in [-0.2, 0) is 0 Å². The smallest absolute Gasteiger partial charge is 0.335 e. The molecule has 1 aliphatic rings. The van der Waals surface area contributed by atoms with Crippen LogP contribution in [-0.4, -0.2) is 34.9 Å². The molecule has 1 atom stereocenters. The zero-order chi connectivity index (χ0) is 13.3.